The molecule has 0 aliphatic carbocycles. The monoisotopic (exact) mass is 280 g/mol. The van der Waals surface area contributed by atoms with Gasteiger partial charge >= 0.3 is 0 Å². The van der Waals surface area contributed by atoms with Crippen molar-refractivity contribution in [2.75, 3.05) is 11.9 Å². The predicted molar refractivity (Wildman–Crippen MR) is 73.5 cm³/mol. The van der Waals surface area contributed by atoms with Crippen LogP contribution in [0.1, 0.15) is 13.3 Å². The van der Waals surface area contributed by atoms with Crippen LogP contribution in [0.3, 0.4) is 0 Å². The standard InChI is InChI=1S/C14H17FN2O3/c1-2-11(9-18)16-13(19)7-8-14(20)17-12-5-3-10(15)4-6-12/h3-8,11,18H,2,9H2,1H3,(H,16,19)(H,17,20)/b8-7+. The molecule has 1 atom stereocenters. The average Bonchev–Trinajstić information content (AvgIpc) is 2.45. The lowest BCUT2D eigenvalue weighted by Crippen LogP contribution is -2.35. The number of benzene rings is 1. The summed E-state index contributed by atoms with van der Waals surface area (Å²) < 4.78 is 12.7. The number of anilines is 1. The van der Waals surface area contributed by atoms with E-state index in [2.05, 4.69) is 10.6 Å². The van der Waals surface area contributed by atoms with Gasteiger partial charge in [-0.3, -0.25) is 9.59 Å². The molecule has 5 nitrogen and oxygen atoms in total. The normalized spacial score (nSPS) is 12.2. The molecule has 1 aromatic rings. The van der Waals surface area contributed by atoms with Crippen molar-refractivity contribution in [3.8, 4) is 0 Å². The van der Waals surface area contributed by atoms with Crippen LogP contribution in [0.25, 0.3) is 0 Å². The van der Waals surface area contributed by atoms with Crippen LogP contribution in [0.4, 0.5) is 10.1 Å². The number of carbonyl (C=O) groups is 2. The third-order valence-corrected chi connectivity index (χ3v) is 2.56. The maximum absolute atomic E-state index is 12.7. The first kappa shape index (κ1) is 15.8. The highest BCUT2D eigenvalue weighted by atomic mass is 19.1. The number of aliphatic hydroxyl groups excluding tert-OH is 1. The van der Waals surface area contributed by atoms with Crippen molar-refractivity contribution in [3.63, 3.8) is 0 Å². The Bertz CT molecular complexity index is 482. The number of amides is 2. The first-order valence-corrected chi connectivity index (χ1v) is 6.21. The highest BCUT2D eigenvalue weighted by Crippen LogP contribution is 2.07. The van der Waals surface area contributed by atoms with Gasteiger partial charge in [0.25, 0.3) is 0 Å². The molecule has 0 saturated heterocycles. The van der Waals surface area contributed by atoms with E-state index in [1.54, 1.807) is 0 Å². The smallest absolute Gasteiger partial charge is 0.248 e. The number of halogens is 1. The summed E-state index contributed by atoms with van der Waals surface area (Å²) in [7, 11) is 0. The van der Waals surface area contributed by atoms with Gasteiger partial charge in [0.15, 0.2) is 0 Å². The summed E-state index contributed by atoms with van der Waals surface area (Å²) in [6, 6.07) is 4.95. The number of carbonyl (C=O) groups excluding carboxylic acids is 2. The summed E-state index contributed by atoms with van der Waals surface area (Å²) in [6.07, 6.45) is 2.75. The largest absolute Gasteiger partial charge is 0.394 e. The van der Waals surface area contributed by atoms with E-state index in [4.69, 9.17) is 5.11 Å². The molecule has 0 saturated carbocycles. The van der Waals surface area contributed by atoms with E-state index in [0.717, 1.165) is 12.2 Å². The minimum atomic E-state index is -0.496. The van der Waals surface area contributed by atoms with Crippen LogP contribution in [0.2, 0.25) is 0 Å². The Morgan fingerprint density at radius 1 is 1.25 bits per heavy atom. The van der Waals surface area contributed by atoms with E-state index in [1.807, 2.05) is 6.92 Å². The molecule has 1 unspecified atom stereocenters. The van der Waals surface area contributed by atoms with Gasteiger partial charge in [-0.15, -0.1) is 0 Å². The lowest BCUT2D eigenvalue weighted by Gasteiger charge is -2.11. The molecule has 3 N–H and O–H groups in total. The highest BCUT2D eigenvalue weighted by Gasteiger charge is 2.06. The first-order valence-electron chi connectivity index (χ1n) is 6.21. The van der Waals surface area contributed by atoms with Gasteiger partial charge < -0.3 is 15.7 Å². The molecular weight excluding hydrogens is 263 g/mol. The Kier molecular flexibility index (Phi) is 6.39. The van der Waals surface area contributed by atoms with E-state index in [0.29, 0.717) is 12.1 Å². The van der Waals surface area contributed by atoms with Crippen molar-refractivity contribution in [1.29, 1.82) is 0 Å². The van der Waals surface area contributed by atoms with Gasteiger partial charge in [-0.1, -0.05) is 6.92 Å². The lowest BCUT2D eigenvalue weighted by molar-refractivity contribution is -0.118. The van der Waals surface area contributed by atoms with E-state index in [1.165, 1.54) is 24.3 Å². The highest BCUT2D eigenvalue weighted by molar-refractivity contribution is 6.03. The van der Waals surface area contributed by atoms with Crippen molar-refractivity contribution >= 4 is 17.5 Å². The summed E-state index contributed by atoms with van der Waals surface area (Å²) in [6.45, 7) is 1.67. The summed E-state index contributed by atoms with van der Waals surface area (Å²) in [5, 5.41) is 13.9. The van der Waals surface area contributed by atoms with Crippen LogP contribution in [0.15, 0.2) is 36.4 Å². The van der Waals surface area contributed by atoms with Crippen molar-refractivity contribution in [1.82, 2.24) is 5.32 Å². The second-order valence-electron chi connectivity index (χ2n) is 4.13. The fraction of sp³-hybridized carbons (Fsp3) is 0.286. The molecule has 0 bridgehead atoms. The summed E-state index contributed by atoms with van der Waals surface area (Å²) in [5.74, 6) is -1.35. The summed E-state index contributed by atoms with van der Waals surface area (Å²) in [5.41, 5.74) is 0.434. The first-order chi connectivity index (χ1) is 9.55. The second-order valence-corrected chi connectivity index (χ2v) is 4.13. The number of rotatable bonds is 6. The topological polar surface area (TPSA) is 78.4 Å². The van der Waals surface area contributed by atoms with E-state index < -0.39 is 17.6 Å². The molecule has 0 radical (unpaired) electrons. The van der Waals surface area contributed by atoms with Crippen molar-refractivity contribution in [3.05, 3.63) is 42.2 Å². The van der Waals surface area contributed by atoms with Crippen molar-refractivity contribution in [2.45, 2.75) is 19.4 Å². The molecule has 0 aliphatic heterocycles. The zero-order valence-corrected chi connectivity index (χ0v) is 11.1. The summed E-state index contributed by atoms with van der Waals surface area (Å²) >= 11 is 0. The Morgan fingerprint density at radius 3 is 2.40 bits per heavy atom. The molecule has 108 valence electrons. The third kappa shape index (κ3) is 5.62. The van der Waals surface area contributed by atoms with Gasteiger partial charge in [-0.25, -0.2) is 4.39 Å². The van der Waals surface area contributed by atoms with Gasteiger partial charge in [0.05, 0.1) is 12.6 Å². The van der Waals surface area contributed by atoms with Crippen LogP contribution in [-0.4, -0.2) is 29.6 Å². The van der Waals surface area contributed by atoms with Crippen LogP contribution in [-0.2, 0) is 9.59 Å². The predicted octanol–water partition coefficient (Wildman–Crippen LogP) is 1.21. The van der Waals surface area contributed by atoms with Gasteiger partial charge in [0.1, 0.15) is 5.82 Å². The average molecular weight is 280 g/mol. The molecule has 2 amide bonds. The van der Waals surface area contributed by atoms with Gasteiger partial charge in [0, 0.05) is 17.8 Å². The lowest BCUT2D eigenvalue weighted by atomic mass is 10.2. The maximum Gasteiger partial charge on any atom is 0.248 e. The van der Waals surface area contributed by atoms with Crippen LogP contribution in [0.5, 0.6) is 0 Å². The fourth-order valence-electron chi connectivity index (χ4n) is 1.39. The van der Waals surface area contributed by atoms with E-state index in [9.17, 15) is 14.0 Å². The minimum Gasteiger partial charge on any atom is -0.394 e. The zero-order valence-electron chi connectivity index (χ0n) is 11.1. The van der Waals surface area contributed by atoms with E-state index in [-0.39, 0.29) is 12.6 Å². The molecule has 0 aliphatic rings. The Labute approximate surface area is 116 Å². The molecule has 0 spiro atoms. The van der Waals surface area contributed by atoms with Gasteiger partial charge in [0.2, 0.25) is 11.8 Å². The van der Waals surface area contributed by atoms with Crippen LogP contribution >= 0.6 is 0 Å². The molecule has 1 rings (SSSR count). The number of aliphatic hydroxyl groups is 1. The quantitative estimate of drug-likeness (QED) is 0.685. The molecule has 1 aromatic carbocycles. The van der Waals surface area contributed by atoms with Gasteiger partial charge in [-0.05, 0) is 30.7 Å². The minimum absolute atomic E-state index is 0.155. The zero-order chi connectivity index (χ0) is 15.0. The maximum atomic E-state index is 12.7. The second kappa shape index (κ2) is 8.06. The SMILES string of the molecule is CCC(CO)NC(=O)/C=C/C(=O)Nc1ccc(F)cc1. The number of hydrogen-bond acceptors (Lipinski definition) is 3. The molecular formula is C14H17FN2O3. The Hall–Kier alpha value is -2.21. The van der Waals surface area contributed by atoms with Crippen molar-refractivity contribution in [2.24, 2.45) is 0 Å². The summed E-state index contributed by atoms with van der Waals surface area (Å²) in [4.78, 5) is 22.9. The third-order valence-electron chi connectivity index (χ3n) is 2.56. The van der Waals surface area contributed by atoms with E-state index >= 15 is 0 Å². The molecule has 20 heavy (non-hydrogen) atoms. The molecule has 0 fully saturated rings. The van der Waals surface area contributed by atoms with Crippen molar-refractivity contribution < 1.29 is 19.1 Å². The van der Waals surface area contributed by atoms with Gasteiger partial charge in [-0.2, -0.15) is 0 Å². The number of nitrogens with one attached hydrogen (secondary N) is 2. The van der Waals surface area contributed by atoms with Crippen LogP contribution < -0.4 is 10.6 Å². The Morgan fingerprint density at radius 2 is 1.85 bits per heavy atom. The fourth-order valence-corrected chi connectivity index (χ4v) is 1.39. The Balaban J connectivity index is 2.47. The molecule has 6 heteroatoms. The van der Waals surface area contributed by atoms with Crippen LogP contribution in [0, 0.1) is 5.82 Å². The molecule has 0 aromatic heterocycles. The number of hydrogen-bond donors (Lipinski definition) is 3. The molecule has 0 heterocycles.